The Balaban J connectivity index is 2.12. The van der Waals surface area contributed by atoms with Crippen molar-refractivity contribution in [3.63, 3.8) is 0 Å². The maximum atomic E-state index is 11.3. The van der Waals surface area contributed by atoms with Gasteiger partial charge in [-0.15, -0.1) is 0 Å². The highest BCUT2D eigenvalue weighted by atomic mass is 16.1. The van der Waals surface area contributed by atoms with E-state index in [-0.39, 0.29) is 11.9 Å². The van der Waals surface area contributed by atoms with Gasteiger partial charge < -0.3 is 5.73 Å². The molecule has 0 aliphatic carbocycles. The maximum absolute atomic E-state index is 11.3. The quantitative estimate of drug-likeness (QED) is 0.739. The van der Waals surface area contributed by atoms with Gasteiger partial charge in [-0.25, -0.2) is 0 Å². The number of hydrogen-bond acceptors (Lipinski definition) is 2. The molecule has 3 unspecified atom stereocenters. The summed E-state index contributed by atoms with van der Waals surface area (Å²) in [7, 11) is 0. The van der Waals surface area contributed by atoms with Crippen molar-refractivity contribution in [1.82, 2.24) is 4.90 Å². The summed E-state index contributed by atoms with van der Waals surface area (Å²) < 4.78 is 0. The van der Waals surface area contributed by atoms with Crippen molar-refractivity contribution in [1.29, 1.82) is 0 Å². The SMILES string of the molecule is CCC(C(N)=O)N1C2CCCC1CC2. The summed E-state index contributed by atoms with van der Waals surface area (Å²) in [6.45, 7) is 2.06. The fraction of sp³-hybridized carbons (Fsp3) is 0.909. The van der Waals surface area contributed by atoms with Gasteiger partial charge in [0.15, 0.2) is 0 Å². The Bertz CT molecular complexity index is 213. The predicted molar refractivity (Wildman–Crippen MR) is 55.8 cm³/mol. The molecule has 2 heterocycles. The van der Waals surface area contributed by atoms with Crippen LogP contribution in [0.3, 0.4) is 0 Å². The normalized spacial score (nSPS) is 34.4. The molecular weight excluding hydrogens is 176 g/mol. The summed E-state index contributed by atoms with van der Waals surface area (Å²) in [6, 6.07) is 1.28. The molecule has 0 radical (unpaired) electrons. The second-order valence-corrected chi connectivity index (χ2v) is 4.59. The number of amides is 1. The van der Waals surface area contributed by atoms with Crippen molar-refractivity contribution < 1.29 is 4.79 Å². The van der Waals surface area contributed by atoms with Crippen LogP contribution < -0.4 is 5.73 Å². The first-order valence-corrected chi connectivity index (χ1v) is 5.80. The van der Waals surface area contributed by atoms with Gasteiger partial charge in [0.05, 0.1) is 6.04 Å². The summed E-state index contributed by atoms with van der Waals surface area (Å²) in [5, 5.41) is 0. The van der Waals surface area contributed by atoms with Crippen LogP contribution in [0.25, 0.3) is 0 Å². The first-order valence-electron chi connectivity index (χ1n) is 5.80. The molecule has 0 aromatic heterocycles. The van der Waals surface area contributed by atoms with Gasteiger partial charge in [-0.05, 0) is 32.1 Å². The summed E-state index contributed by atoms with van der Waals surface area (Å²) in [5.41, 5.74) is 5.45. The van der Waals surface area contributed by atoms with E-state index < -0.39 is 0 Å². The van der Waals surface area contributed by atoms with Gasteiger partial charge >= 0.3 is 0 Å². The maximum Gasteiger partial charge on any atom is 0.234 e. The minimum atomic E-state index is -0.133. The van der Waals surface area contributed by atoms with Crippen molar-refractivity contribution in [2.45, 2.75) is 63.6 Å². The fourth-order valence-corrected chi connectivity index (χ4v) is 3.22. The minimum absolute atomic E-state index is 0.00667. The Morgan fingerprint density at radius 2 is 1.93 bits per heavy atom. The lowest BCUT2D eigenvalue weighted by Gasteiger charge is -2.39. The van der Waals surface area contributed by atoms with Gasteiger partial charge in [0, 0.05) is 12.1 Å². The number of piperidine rings is 1. The van der Waals surface area contributed by atoms with Gasteiger partial charge in [0.2, 0.25) is 5.91 Å². The average Bonchev–Trinajstić information content (AvgIpc) is 2.42. The highest BCUT2D eigenvalue weighted by molar-refractivity contribution is 5.79. The van der Waals surface area contributed by atoms with Gasteiger partial charge in [-0.1, -0.05) is 13.3 Å². The minimum Gasteiger partial charge on any atom is -0.368 e. The fourth-order valence-electron chi connectivity index (χ4n) is 3.22. The molecule has 0 aromatic carbocycles. The molecule has 2 fully saturated rings. The van der Waals surface area contributed by atoms with E-state index in [1.165, 1.54) is 32.1 Å². The highest BCUT2D eigenvalue weighted by Gasteiger charge is 2.41. The molecule has 2 aliphatic heterocycles. The zero-order valence-corrected chi connectivity index (χ0v) is 8.91. The Labute approximate surface area is 85.6 Å². The molecule has 3 heteroatoms. The van der Waals surface area contributed by atoms with E-state index in [9.17, 15) is 4.79 Å². The number of nitrogens with zero attached hydrogens (tertiary/aromatic N) is 1. The smallest absolute Gasteiger partial charge is 0.234 e. The molecule has 2 bridgehead atoms. The predicted octanol–water partition coefficient (Wildman–Crippen LogP) is 1.27. The standard InChI is InChI=1S/C11H20N2O/c1-2-10(11(12)14)13-8-4-3-5-9(13)7-6-8/h8-10H,2-7H2,1H3,(H2,12,14). The third kappa shape index (κ3) is 1.54. The van der Waals surface area contributed by atoms with Gasteiger partial charge in [-0.2, -0.15) is 0 Å². The Morgan fingerprint density at radius 3 is 2.36 bits per heavy atom. The molecule has 0 saturated carbocycles. The number of carbonyl (C=O) groups excluding carboxylic acids is 1. The van der Waals surface area contributed by atoms with Crippen molar-refractivity contribution in [3.8, 4) is 0 Å². The molecule has 2 N–H and O–H groups in total. The molecule has 2 aliphatic rings. The van der Waals surface area contributed by atoms with Crippen molar-refractivity contribution in [2.24, 2.45) is 5.73 Å². The van der Waals surface area contributed by atoms with E-state index in [2.05, 4.69) is 11.8 Å². The third-order valence-corrected chi connectivity index (χ3v) is 3.83. The molecular formula is C11H20N2O. The summed E-state index contributed by atoms with van der Waals surface area (Å²) in [6.07, 6.45) is 7.27. The summed E-state index contributed by atoms with van der Waals surface area (Å²) >= 11 is 0. The lowest BCUT2D eigenvalue weighted by Crippen LogP contribution is -2.52. The Kier molecular flexibility index (Phi) is 2.77. The number of nitrogens with two attached hydrogens (primary N) is 1. The first kappa shape index (κ1) is 9.97. The largest absolute Gasteiger partial charge is 0.368 e. The van der Waals surface area contributed by atoms with Crippen LogP contribution in [-0.2, 0) is 4.79 Å². The molecule has 0 spiro atoms. The van der Waals surface area contributed by atoms with E-state index in [0.717, 1.165) is 6.42 Å². The molecule has 1 amide bonds. The van der Waals surface area contributed by atoms with Gasteiger partial charge in [0.25, 0.3) is 0 Å². The van der Waals surface area contributed by atoms with Crippen LogP contribution in [-0.4, -0.2) is 28.9 Å². The first-order chi connectivity index (χ1) is 6.74. The molecule has 80 valence electrons. The molecule has 3 nitrogen and oxygen atoms in total. The van der Waals surface area contributed by atoms with Crippen molar-refractivity contribution in [2.75, 3.05) is 0 Å². The van der Waals surface area contributed by atoms with Gasteiger partial charge in [-0.3, -0.25) is 9.69 Å². The Hall–Kier alpha value is -0.570. The van der Waals surface area contributed by atoms with E-state index in [4.69, 9.17) is 5.73 Å². The van der Waals surface area contributed by atoms with E-state index >= 15 is 0 Å². The third-order valence-electron chi connectivity index (χ3n) is 3.83. The van der Waals surface area contributed by atoms with Crippen LogP contribution in [0.1, 0.15) is 45.4 Å². The monoisotopic (exact) mass is 196 g/mol. The molecule has 2 rings (SSSR count). The van der Waals surface area contributed by atoms with E-state index in [0.29, 0.717) is 12.1 Å². The van der Waals surface area contributed by atoms with Crippen LogP contribution >= 0.6 is 0 Å². The number of fused-ring (bicyclic) bond motifs is 2. The topological polar surface area (TPSA) is 46.3 Å². The molecule has 2 saturated heterocycles. The average molecular weight is 196 g/mol. The van der Waals surface area contributed by atoms with Gasteiger partial charge in [0.1, 0.15) is 0 Å². The van der Waals surface area contributed by atoms with Crippen molar-refractivity contribution >= 4 is 5.91 Å². The molecule has 0 aromatic rings. The second kappa shape index (κ2) is 3.89. The molecule has 14 heavy (non-hydrogen) atoms. The van der Waals surface area contributed by atoms with Crippen LogP contribution in [0, 0.1) is 0 Å². The van der Waals surface area contributed by atoms with Crippen LogP contribution in [0.2, 0.25) is 0 Å². The van der Waals surface area contributed by atoms with Crippen LogP contribution in [0.5, 0.6) is 0 Å². The number of rotatable bonds is 3. The van der Waals surface area contributed by atoms with Crippen LogP contribution in [0.15, 0.2) is 0 Å². The second-order valence-electron chi connectivity index (χ2n) is 4.59. The zero-order chi connectivity index (χ0) is 10.1. The number of hydrogen-bond donors (Lipinski definition) is 1. The Morgan fingerprint density at radius 1 is 1.36 bits per heavy atom. The summed E-state index contributed by atoms with van der Waals surface area (Å²) in [4.78, 5) is 13.7. The summed E-state index contributed by atoms with van der Waals surface area (Å²) in [5.74, 6) is -0.133. The van der Waals surface area contributed by atoms with Crippen LogP contribution in [0.4, 0.5) is 0 Å². The molecule has 3 atom stereocenters. The highest BCUT2D eigenvalue weighted by Crippen LogP contribution is 2.37. The van der Waals surface area contributed by atoms with E-state index in [1.54, 1.807) is 0 Å². The lowest BCUT2D eigenvalue weighted by molar-refractivity contribution is -0.125. The van der Waals surface area contributed by atoms with E-state index in [1.807, 2.05) is 0 Å². The zero-order valence-electron chi connectivity index (χ0n) is 8.91. The number of primary amides is 1. The van der Waals surface area contributed by atoms with Crippen molar-refractivity contribution in [3.05, 3.63) is 0 Å². The number of carbonyl (C=O) groups is 1. The lowest BCUT2D eigenvalue weighted by atomic mass is 9.99.